The van der Waals surface area contributed by atoms with E-state index in [0.717, 1.165) is 27.8 Å². The van der Waals surface area contributed by atoms with E-state index in [-0.39, 0.29) is 11.3 Å². The number of carboxylic acid groups (broad SMARTS) is 1. The standard InChI is InChI=1S/C17H18O3/c1-9-7-10(2)12(4)16(11(9)3)14-6-5-13(17(19)20)8-15(14)18/h5-8,18H,1-4H3,(H,19,20). The normalized spacial score (nSPS) is 10.6. The van der Waals surface area contributed by atoms with Gasteiger partial charge >= 0.3 is 5.97 Å². The molecule has 0 spiro atoms. The first-order valence-corrected chi connectivity index (χ1v) is 6.47. The second kappa shape index (κ2) is 5.00. The third kappa shape index (κ3) is 2.27. The molecule has 2 rings (SSSR count). The van der Waals surface area contributed by atoms with Crippen molar-refractivity contribution in [1.29, 1.82) is 0 Å². The van der Waals surface area contributed by atoms with Crippen LogP contribution in [0.5, 0.6) is 5.75 Å². The highest BCUT2D eigenvalue weighted by Gasteiger charge is 2.15. The molecule has 2 N–H and O–H groups in total. The van der Waals surface area contributed by atoms with E-state index in [1.807, 2.05) is 27.7 Å². The lowest BCUT2D eigenvalue weighted by Gasteiger charge is -2.16. The van der Waals surface area contributed by atoms with Crippen molar-refractivity contribution >= 4 is 5.97 Å². The number of benzene rings is 2. The molecule has 3 nitrogen and oxygen atoms in total. The minimum absolute atomic E-state index is 0.00102. The fourth-order valence-electron chi connectivity index (χ4n) is 2.50. The summed E-state index contributed by atoms with van der Waals surface area (Å²) in [7, 11) is 0. The van der Waals surface area contributed by atoms with Gasteiger partial charge in [0.2, 0.25) is 0 Å². The summed E-state index contributed by atoms with van der Waals surface area (Å²) in [5.41, 5.74) is 6.27. The Balaban J connectivity index is 2.72. The summed E-state index contributed by atoms with van der Waals surface area (Å²) in [6, 6.07) is 6.62. The number of aromatic carboxylic acids is 1. The predicted molar refractivity (Wildman–Crippen MR) is 79.5 cm³/mol. The highest BCUT2D eigenvalue weighted by atomic mass is 16.4. The lowest BCUT2D eigenvalue weighted by Crippen LogP contribution is -1.98. The van der Waals surface area contributed by atoms with Gasteiger partial charge in [0.25, 0.3) is 0 Å². The molecule has 0 unspecified atom stereocenters. The first kappa shape index (κ1) is 14.1. The number of hydrogen-bond acceptors (Lipinski definition) is 2. The molecule has 0 heterocycles. The molecule has 3 heteroatoms. The molecule has 0 radical (unpaired) electrons. The average Bonchev–Trinajstić information content (AvgIpc) is 2.38. The number of phenolic OH excluding ortho intramolecular Hbond substituents is 1. The van der Waals surface area contributed by atoms with Crippen LogP contribution in [-0.4, -0.2) is 16.2 Å². The maximum absolute atomic E-state index is 10.9. The van der Waals surface area contributed by atoms with Crippen LogP contribution in [-0.2, 0) is 0 Å². The maximum atomic E-state index is 10.9. The van der Waals surface area contributed by atoms with E-state index in [1.54, 1.807) is 6.07 Å². The summed E-state index contributed by atoms with van der Waals surface area (Å²) in [4.78, 5) is 10.9. The van der Waals surface area contributed by atoms with Crippen molar-refractivity contribution in [3.05, 3.63) is 52.1 Å². The molecule has 2 aromatic rings. The summed E-state index contributed by atoms with van der Waals surface area (Å²) in [5.74, 6) is -1.04. The molecule has 0 saturated carbocycles. The Kier molecular flexibility index (Phi) is 3.53. The van der Waals surface area contributed by atoms with E-state index < -0.39 is 5.97 Å². The van der Waals surface area contributed by atoms with Gasteiger partial charge in [-0.05, 0) is 73.7 Å². The Morgan fingerprint density at radius 1 is 0.950 bits per heavy atom. The Hall–Kier alpha value is -2.29. The quantitative estimate of drug-likeness (QED) is 0.867. The number of rotatable bonds is 2. The third-order valence-electron chi connectivity index (χ3n) is 3.88. The number of carboxylic acids is 1. The molecule has 0 bridgehead atoms. The van der Waals surface area contributed by atoms with Gasteiger partial charge in [0.1, 0.15) is 5.75 Å². The Bertz CT molecular complexity index is 674. The van der Waals surface area contributed by atoms with Crippen LogP contribution in [0.25, 0.3) is 11.1 Å². The number of aryl methyl sites for hydroxylation is 2. The Labute approximate surface area is 118 Å². The molecule has 0 aromatic heterocycles. The number of hydrogen-bond donors (Lipinski definition) is 2. The summed E-state index contributed by atoms with van der Waals surface area (Å²) in [6.45, 7) is 8.10. The second-order valence-electron chi connectivity index (χ2n) is 5.17. The zero-order chi connectivity index (χ0) is 15.0. The van der Waals surface area contributed by atoms with E-state index in [0.29, 0.717) is 5.56 Å². The summed E-state index contributed by atoms with van der Waals surface area (Å²) in [6.07, 6.45) is 0. The van der Waals surface area contributed by atoms with Gasteiger partial charge in [-0.25, -0.2) is 4.79 Å². The van der Waals surface area contributed by atoms with Gasteiger partial charge in [0.05, 0.1) is 5.56 Å². The zero-order valence-electron chi connectivity index (χ0n) is 12.1. The number of carbonyl (C=O) groups is 1. The van der Waals surface area contributed by atoms with E-state index >= 15 is 0 Å². The van der Waals surface area contributed by atoms with Crippen LogP contribution in [0.2, 0.25) is 0 Å². The lowest BCUT2D eigenvalue weighted by molar-refractivity contribution is 0.0696. The third-order valence-corrected chi connectivity index (χ3v) is 3.88. The topological polar surface area (TPSA) is 57.5 Å². The van der Waals surface area contributed by atoms with Gasteiger partial charge < -0.3 is 10.2 Å². The lowest BCUT2D eigenvalue weighted by atomic mass is 9.89. The molecule has 0 fully saturated rings. The second-order valence-corrected chi connectivity index (χ2v) is 5.17. The Morgan fingerprint density at radius 3 is 1.95 bits per heavy atom. The van der Waals surface area contributed by atoms with Crippen LogP contribution in [0.3, 0.4) is 0 Å². The fourth-order valence-corrected chi connectivity index (χ4v) is 2.50. The molecule has 2 aromatic carbocycles. The van der Waals surface area contributed by atoms with E-state index in [2.05, 4.69) is 6.07 Å². The minimum atomic E-state index is -1.04. The molecule has 20 heavy (non-hydrogen) atoms. The zero-order valence-corrected chi connectivity index (χ0v) is 12.1. The molecule has 0 aliphatic carbocycles. The molecule has 0 amide bonds. The molecule has 0 aliphatic heterocycles. The molecule has 104 valence electrons. The van der Waals surface area contributed by atoms with E-state index in [9.17, 15) is 9.90 Å². The highest BCUT2D eigenvalue weighted by molar-refractivity contribution is 5.90. The van der Waals surface area contributed by atoms with Crippen LogP contribution >= 0.6 is 0 Å². The average molecular weight is 270 g/mol. The van der Waals surface area contributed by atoms with Crippen molar-refractivity contribution < 1.29 is 15.0 Å². The fraction of sp³-hybridized carbons (Fsp3) is 0.235. The smallest absolute Gasteiger partial charge is 0.335 e. The van der Waals surface area contributed by atoms with Crippen molar-refractivity contribution in [3.8, 4) is 16.9 Å². The summed E-state index contributed by atoms with van der Waals surface area (Å²) >= 11 is 0. The van der Waals surface area contributed by atoms with Crippen molar-refractivity contribution in [1.82, 2.24) is 0 Å². The monoisotopic (exact) mass is 270 g/mol. The van der Waals surface area contributed by atoms with Gasteiger partial charge in [-0.2, -0.15) is 0 Å². The molecular formula is C17H18O3. The SMILES string of the molecule is Cc1cc(C)c(C)c(-c2ccc(C(=O)O)cc2O)c1C. The minimum Gasteiger partial charge on any atom is -0.507 e. The first-order valence-electron chi connectivity index (χ1n) is 6.47. The first-order chi connectivity index (χ1) is 9.32. The van der Waals surface area contributed by atoms with Crippen molar-refractivity contribution in [2.45, 2.75) is 27.7 Å². The Morgan fingerprint density at radius 2 is 1.50 bits per heavy atom. The van der Waals surface area contributed by atoms with Gasteiger partial charge in [-0.3, -0.25) is 0 Å². The van der Waals surface area contributed by atoms with Crippen LogP contribution in [0.4, 0.5) is 0 Å². The molecule has 0 saturated heterocycles. The predicted octanol–water partition coefficient (Wildman–Crippen LogP) is 3.99. The summed E-state index contributed by atoms with van der Waals surface area (Å²) in [5, 5.41) is 19.1. The van der Waals surface area contributed by atoms with Crippen molar-refractivity contribution in [2.24, 2.45) is 0 Å². The van der Waals surface area contributed by atoms with Crippen LogP contribution < -0.4 is 0 Å². The van der Waals surface area contributed by atoms with E-state index in [1.165, 1.54) is 12.1 Å². The molecular weight excluding hydrogens is 252 g/mol. The van der Waals surface area contributed by atoms with Crippen LogP contribution in [0, 0.1) is 27.7 Å². The summed E-state index contributed by atoms with van der Waals surface area (Å²) < 4.78 is 0. The van der Waals surface area contributed by atoms with Gasteiger partial charge in [-0.15, -0.1) is 0 Å². The number of phenols is 1. The van der Waals surface area contributed by atoms with Gasteiger partial charge in [0, 0.05) is 5.56 Å². The van der Waals surface area contributed by atoms with Crippen molar-refractivity contribution in [2.75, 3.05) is 0 Å². The largest absolute Gasteiger partial charge is 0.507 e. The maximum Gasteiger partial charge on any atom is 0.335 e. The molecule has 0 aliphatic rings. The van der Waals surface area contributed by atoms with Crippen LogP contribution in [0.15, 0.2) is 24.3 Å². The molecule has 0 atom stereocenters. The van der Waals surface area contributed by atoms with Gasteiger partial charge in [0.15, 0.2) is 0 Å². The van der Waals surface area contributed by atoms with Gasteiger partial charge in [-0.1, -0.05) is 6.07 Å². The number of aromatic hydroxyl groups is 1. The van der Waals surface area contributed by atoms with Crippen molar-refractivity contribution in [3.63, 3.8) is 0 Å². The van der Waals surface area contributed by atoms with E-state index in [4.69, 9.17) is 5.11 Å². The van der Waals surface area contributed by atoms with Crippen LogP contribution in [0.1, 0.15) is 32.6 Å². The highest BCUT2D eigenvalue weighted by Crippen LogP contribution is 2.37.